The van der Waals surface area contributed by atoms with E-state index in [2.05, 4.69) is 19.2 Å². The molecule has 1 aliphatic rings. The Bertz CT molecular complexity index is 305. The van der Waals surface area contributed by atoms with Crippen molar-refractivity contribution in [3.8, 4) is 0 Å². The highest BCUT2D eigenvalue weighted by Gasteiger charge is 2.31. The van der Waals surface area contributed by atoms with Crippen LogP contribution in [0.3, 0.4) is 0 Å². The summed E-state index contributed by atoms with van der Waals surface area (Å²) in [6.07, 6.45) is 2.60. The SMILES string of the molecule is CC(C)CCC(C)NC(=O)N1CCC(C(=O)O)C1. The van der Waals surface area contributed by atoms with Gasteiger partial charge in [0.25, 0.3) is 0 Å². The normalized spacial score (nSPS) is 21.1. The zero-order valence-corrected chi connectivity index (χ0v) is 11.5. The summed E-state index contributed by atoms with van der Waals surface area (Å²) in [5.41, 5.74) is 0. The molecule has 0 spiro atoms. The summed E-state index contributed by atoms with van der Waals surface area (Å²) in [6, 6.07) is 0.0128. The number of rotatable bonds is 5. The van der Waals surface area contributed by atoms with Crippen LogP contribution in [0.4, 0.5) is 4.79 Å². The first-order valence-corrected chi connectivity index (χ1v) is 6.68. The maximum absolute atomic E-state index is 11.9. The van der Waals surface area contributed by atoms with E-state index in [-0.39, 0.29) is 12.1 Å². The van der Waals surface area contributed by atoms with Crippen molar-refractivity contribution in [3.05, 3.63) is 0 Å². The molecule has 1 fully saturated rings. The van der Waals surface area contributed by atoms with Gasteiger partial charge >= 0.3 is 12.0 Å². The molecule has 1 aliphatic heterocycles. The first kappa shape index (κ1) is 14.8. The highest BCUT2D eigenvalue weighted by Crippen LogP contribution is 2.16. The van der Waals surface area contributed by atoms with Crippen molar-refractivity contribution in [2.45, 2.75) is 46.1 Å². The van der Waals surface area contributed by atoms with E-state index in [0.717, 1.165) is 12.8 Å². The second-order valence-corrected chi connectivity index (χ2v) is 5.59. The van der Waals surface area contributed by atoms with Crippen molar-refractivity contribution in [2.24, 2.45) is 11.8 Å². The number of carbonyl (C=O) groups is 2. The van der Waals surface area contributed by atoms with Gasteiger partial charge in [-0.25, -0.2) is 4.79 Å². The van der Waals surface area contributed by atoms with Gasteiger partial charge in [0.1, 0.15) is 0 Å². The fourth-order valence-corrected chi connectivity index (χ4v) is 2.10. The molecule has 1 saturated heterocycles. The lowest BCUT2D eigenvalue weighted by molar-refractivity contribution is -0.141. The van der Waals surface area contributed by atoms with Gasteiger partial charge in [0, 0.05) is 19.1 Å². The lowest BCUT2D eigenvalue weighted by Gasteiger charge is -2.21. The highest BCUT2D eigenvalue weighted by atomic mass is 16.4. The Labute approximate surface area is 109 Å². The summed E-state index contributed by atoms with van der Waals surface area (Å²) in [5.74, 6) is -0.576. The number of carboxylic acids is 1. The highest BCUT2D eigenvalue weighted by molar-refractivity contribution is 5.77. The third kappa shape index (κ3) is 4.55. The predicted molar refractivity (Wildman–Crippen MR) is 69.4 cm³/mol. The average Bonchev–Trinajstić information content (AvgIpc) is 2.75. The third-order valence-corrected chi connectivity index (χ3v) is 3.37. The average molecular weight is 256 g/mol. The van der Waals surface area contributed by atoms with Crippen LogP contribution in [-0.4, -0.2) is 41.1 Å². The molecule has 2 atom stereocenters. The molecule has 0 aromatic rings. The van der Waals surface area contributed by atoms with Gasteiger partial charge in [-0.2, -0.15) is 0 Å². The van der Waals surface area contributed by atoms with Crippen LogP contribution < -0.4 is 5.32 Å². The van der Waals surface area contributed by atoms with E-state index in [1.807, 2.05) is 6.92 Å². The van der Waals surface area contributed by atoms with Crippen LogP contribution in [0.15, 0.2) is 0 Å². The van der Waals surface area contributed by atoms with Crippen molar-refractivity contribution in [1.29, 1.82) is 0 Å². The number of amides is 2. The minimum absolute atomic E-state index is 0.130. The largest absolute Gasteiger partial charge is 0.481 e. The number of carbonyl (C=O) groups excluding carboxylic acids is 1. The molecule has 18 heavy (non-hydrogen) atoms. The van der Waals surface area contributed by atoms with E-state index < -0.39 is 11.9 Å². The summed E-state index contributed by atoms with van der Waals surface area (Å²) < 4.78 is 0. The van der Waals surface area contributed by atoms with Crippen molar-refractivity contribution < 1.29 is 14.7 Å². The monoisotopic (exact) mass is 256 g/mol. The number of aliphatic carboxylic acids is 1. The zero-order valence-electron chi connectivity index (χ0n) is 11.5. The number of urea groups is 1. The molecule has 0 aromatic heterocycles. The van der Waals surface area contributed by atoms with Gasteiger partial charge in [-0.15, -0.1) is 0 Å². The minimum atomic E-state index is -0.807. The number of hydrogen-bond acceptors (Lipinski definition) is 2. The maximum Gasteiger partial charge on any atom is 0.317 e. The Morgan fingerprint density at radius 1 is 1.33 bits per heavy atom. The number of carboxylic acid groups (broad SMARTS) is 1. The van der Waals surface area contributed by atoms with Gasteiger partial charge < -0.3 is 15.3 Å². The van der Waals surface area contributed by atoms with Gasteiger partial charge in [-0.05, 0) is 32.1 Å². The van der Waals surface area contributed by atoms with E-state index in [0.29, 0.717) is 25.4 Å². The van der Waals surface area contributed by atoms with Crippen molar-refractivity contribution >= 4 is 12.0 Å². The Kier molecular flexibility index (Phi) is 5.44. The molecule has 0 saturated carbocycles. The summed E-state index contributed by atoms with van der Waals surface area (Å²) in [5, 5.41) is 11.8. The minimum Gasteiger partial charge on any atom is -0.481 e. The summed E-state index contributed by atoms with van der Waals surface area (Å²) in [7, 11) is 0. The van der Waals surface area contributed by atoms with Crippen LogP contribution in [0, 0.1) is 11.8 Å². The van der Waals surface area contributed by atoms with E-state index in [4.69, 9.17) is 5.11 Å². The fourth-order valence-electron chi connectivity index (χ4n) is 2.10. The lowest BCUT2D eigenvalue weighted by Crippen LogP contribution is -2.43. The van der Waals surface area contributed by atoms with E-state index in [9.17, 15) is 9.59 Å². The van der Waals surface area contributed by atoms with Crippen LogP contribution in [0.2, 0.25) is 0 Å². The Hall–Kier alpha value is -1.26. The van der Waals surface area contributed by atoms with Crippen LogP contribution in [0.5, 0.6) is 0 Å². The smallest absolute Gasteiger partial charge is 0.317 e. The molecule has 2 N–H and O–H groups in total. The molecule has 0 radical (unpaired) electrons. The molecule has 0 aromatic carbocycles. The summed E-state index contributed by atoms with van der Waals surface area (Å²) >= 11 is 0. The van der Waals surface area contributed by atoms with E-state index in [1.165, 1.54) is 0 Å². The second-order valence-electron chi connectivity index (χ2n) is 5.59. The van der Waals surface area contributed by atoms with Gasteiger partial charge in [0.2, 0.25) is 0 Å². The Morgan fingerprint density at radius 3 is 2.50 bits per heavy atom. The van der Waals surface area contributed by atoms with Gasteiger partial charge in [0.15, 0.2) is 0 Å². The quantitative estimate of drug-likeness (QED) is 0.789. The van der Waals surface area contributed by atoms with Gasteiger partial charge in [-0.3, -0.25) is 4.79 Å². The molecular formula is C13H24N2O3. The maximum atomic E-state index is 11.9. The van der Waals surface area contributed by atoms with Crippen LogP contribution in [0.25, 0.3) is 0 Å². The molecule has 5 heteroatoms. The first-order valence-electron chi connectivity index (χ1n) is 6.68. The van der Waals surface area contributed by atoms with Crippen LogP contribution in [0.1, 0.15) is 40.0 Å². The third-order valence-electron chi connectivity index (χ3n) is 3.37. The molecule has 1 heterocycles. The molecule has 104 valence electrons. The topological polar surface area (TPSA) is 69.6 Å². The Morgan fingerprint density at radius 2 is 2.00 bits per heavy atom. The second kappa shape index (κ2) is 6.61. The standard InChI is InChI=1S/C13H24N2O3/c1-9(2)4-5-10(3)14-13(18)15-7-6-11(8-15)12(16)17/h9-11H,4-8H2,1-3H3,(H,14,18)(H,16,17). The molecule has 5 nitrogen and oxygen atoms in total. The van der Waals surface area contributed by atoms with Crippen LogP contribution in [-0.2, 0) is 4.79 Å². The molecule has 2 amide bonds. The Balaban J connectivity index is 2.31. The van der Waals surface area contributed by atoms with Crippen molar-refractivity contribution in [2.75, 3.05) is 13.1 Å². The molecule has 0 bridgehead atoms. The zero-order chi connectivity index (χ0) is 13.7. The predicted octanol–water partition coefficient (Wildman–Crippen LogP) is 1.93. The molecule has 0 aliphatic carbocycles. The van der Waals surface area contributed by atoms with Crippen molar-refractivity contribution in [3.63, 3.8) is 0 Å². The van der Waals surface area contributed by atoms with E-state index in [1.54, 1.807) is 4.90 Å². The molecule has 2 unspecified atom stereocenters. The van der Waals surface area contributed by atoms with Gasteiger partial charge in [-0.1, -0.05) is 13.8 Å². The fraction of sp³-hybridized carbons (Fsp3) is 0.846. The van der Waals surface area contributed by atoms with Crippen LogP contribution >= 0.6 is 0 Å². The number of nitrogens with zero attached hydrogens (tertiary/aromatic N) is 1. The van der Waals surface area contributed by atoms with Gasteiger partial charge in [0.05, 0.1) is 5.92 Å². The molecular weight excluding hydrogens is 232 g/mol. The summed E-state index contributed by atoms with van der Waals surface area (Å²) in [4.78, 5) is 24.3. The summed E-state index contributed by atoms with van der Waals surface area (Å²) in [6.45, 7) is 7.18. The van der Waals surface area contributed by atoms with E-state index >= 15 is 0 Å². The number of likely N-dealkylation sites (tertiary alicyclic amines) is 1. The first-order chi connectivity index (χ1) is 8.40. The number of hydrogen-bond donors (Lipinski definition) is 2. The molecule has 1 rings (SSSR count). The number of nitrogens with one attached hydrogen (secondary N) is 1. The lowest BCUT2D eigenvalue weighted by atomic mass is 10.0. The van der Waals surface area contributed by atoms with Crippen molar-refractivity contribution in [1.82, 2.24) is 10.2 Å².